The average molecular weight is 341 g/mol. The molecule has 2 aromatic rings. The molecule has 0 fully saturated rings. The maximum Gasteiger partial charge on any atom is 0.00671 e. The molecule has 0 saturated carbocycles. The molecule has 0 N–H and O–H groups in total. The van der Waals surface area contributed by atoms with Crippen molar-refractivity contribution in [2.45, 2.75) is 45.4 Å². The zero-order valence-electron chi connectivity index (χ0n) is 16.0. The Morgan fingerprint density at radius 3 is 2.58 bits per heavy atom. The number of rotatable bonds is 5. The molecule has 26 heavy (non-hydrogen) atoms. The van der Waals surface area contributed by atoms with Gasteiger partial charge in [0.05, 0.1) is 0 Å². The lowest BCUT2D eigenvalue weighted by molar-refractivity contribution is 0.791. The normalized spacial score (nSPS) is 18.2. The Labute approximate surface area is 158 Å². The first-order valence-electron chi connectivity index (χ1n) is 9.87. The van der Waals surface area contributed by atoms with Crippen molar-refractivity contribution < 1.29 is 0 Å². The number of hydrogen-bond donors (Lipinski definition) is 0. The van der Waals surface area contributed by atoms with Crippen LogP contribution in [-0.4, -0.2) is 0 Å². The lowest BCUT2D eigenvalue weighted by atomic mass is 9.80. The van der Waals surface area contributed by atoms with Crippen LogP contribution in [0.1, 0.15) is 54.9 Å². The van der Waals surface area contributed by atoms with Crippen molar-refractivity contribution in [2.24, 2.45) is 5.92 Å². The van der Waals surface area contributed by atoms with Gasteiger partial charge in [0.1, 0.15) is 0 Å². The van der Waals surface area contributed by atoms with Crippen molar-refractivity contribution >= 4 is 5.57 Å². The SMILES string of the molecule is C=C(Cc1ccc(C(C)C)cc1)CC1C=CC2=C1c1ccccc1CC2. The molecule has 4 rings (SSSR count). The van der Waals surface area contributed by atoms with Crippen LogP contribution >= 0.6 is 0 Å². The Balaban J connectivity index is 1.47. The van der Waals surface area contributed by atoms with Gasteiger partial charge in [-0.3, -0.25) is 0 Å². The molecule has 0 aliphatic heterocycles. The van der Waals surface area contributed by atoms with Gasteiger partial charge in [0, 0.05) is 5.92 Å². The highest BCUT2D eigenvalue weighted by Crippen LogP contribution is 2.43. The highest BCUT2D eigenvalue weighted by Gasteiger charge is 2.27. The molecule has 2 aliphatic rings. The Morgan fingerprint density at radius 2 is 1.81 bits per heavy atom. The smallest absolute Gasteiger partial charge is 0.00671 e. The third kappa shape index (κ3) is 3.33. The first-order valence-corrected chi connectivity index (χ1v) is 9.87. The van der Waals surface area contributed by atoms with E-state index < -0.39 is 0 Å². The summed E-state index contributed by atoms with van der Waals surface area (Å²) in [7, 11) is 0. The van der Waals surface area contributed by atoms with Crippen molar-refractivity contribution in [3.05, 3.63) is 101 Å². The fraction of sp³-hybridized carbons (Fsp3) is 0.308. The first-order chi connectivity index (χ1) is 12.6. The van der Waals surface area contributed by atoms with Crippen molar-refractivity contribution in [2.75, 3.05) is 0 Å². The van der Waals surface area contributed by atoms with Crippen molar-refractivity contribution in [1.82, 2.24) is 0 Å². The third-order valence-electron chi connectivity index (χ3n) is 5.83. The molecular weight excluding hydrogens is 312 g/mol. The highest BCUT2D eigenvalue weighted by atomic mass is 14.3. The largest absolute Gasteiger partial charge is 0.0995 e. The summed E-state index contributed by atoms with van der Waals surface area (Å²) in [4.78, 5) is 0. The van der Waals surface area contributed by atoms with E-state index in [1.54, 1.807) is 11.1 Å². The molecule has 2 aromatic carbocycles. The van der Waals surface area contributed by atoms with E-state index in [9.17, 15) is 0 Å². The van der Waals surface area contributed by atoms with Crippen LogP contribution in [0.5, 0.6) is 0 Å². The molecule has 0 bridgehead atoms. The summed E-state index contributed by atoms with van der Waals surface area (Å²) in [6, 6.07) is 18.0. The molecule has 0 nitrogen and oxygen atoms in total. The summed E-state index contributed by atoms with van der Waals surface area (Å²) in [5.41, 5.74) is 10.2. The standard InChI is InChI=1S/C26H28/c1-18(2)21-10-8-20(9-11-21)16-19(3)17-24-15-14-23-13-12-22-6-4-5-7-25(22)26(23)24/h4-11,14-15,18,24H,3,12-13,16-17H2,1-2H3. The topological polar surface area (TPSA) is 0 Å². The van der Waals surface area contributed by atoms with E-state index in [2.05, 4.69) is 81.1 Å². The number of benzene rings is 2. The molecule has 0 radical (unpaired) electrons. The third-order valence-corrected chi connectivity index (χ3v) is 5.83. The van der Waals surface area contributed by atoms with E-state index in [0.29, 0.717) is 11.8 Å². The predicted molar refractivity (Wildman–Crippen MR) is 112 cm³/mol. The Morgan fingerprint density at radius 1 is 1.04 bits per heavy atom. The van der Waals surface area contributed by atoms with Gasteiger partial charge in [-0.1, -0.05) is 86.7 Å². The van der Waals surface area contributed by atoms with Crippen LogP contribution in [-0.2, 0) is 12.8 Å². The van der Waals surface area contributed by atoms with Crippen LogP contribution in [0.3, 0.4) is 0 Å². The van der Waals surface area contributed by atoms with Gasteiger partial charge in [-0.15, -0.1) is 0 Å². The van der Waals surface area contributed by atoms with Gasteiger partial charge in [0.25, 0.3) is 0 Å². The van der Waals surface area contributed by atoms with E-state index in [1.807, 2.05) is 0 Å². The zero-order valence-corrected chi connectivity index (χ0v) is 16.0. The van der Waals surface area contributed by atoms with Crippen molar-refractivity contribution in [3.63, 3.8) is 0 Å². The molecule has 0 amide bonds. The molecule has 0 aromatic heterocycles. The van der Waals surface area contributed by atoms with Gasteiger partial charge in [-0.25, -0.2) is 0 Å². The predicted octanol–water partition coefficient (Wildman–Crippen LogP) is 6.88. The summed E-state index contributed by atoms with van der Waals surface area (Å²) >= 11 is 0. The summed E-state index contributed by atoms with van der Waals surface area (Å²) in [5, 5.41) is 0. The second-order valence-corrected chi connectivity index (χ2v) is 8.09. The molecule has 0 heterocycles. The lowest BCUT2D eigenvalue weighted by Gasteiger charge is -2.24. The van der Waals surface area contributed by atoms with Gasteiger partial charge in [-0.05, 0) is 65.0 Å². The summed E-state index contributed by atoms with van der Waals surface area (Å²) in [6.45, 7) is 8.90. The van der Waals surface area contributed by atoms with E-state index in [-0.39, 0.29) is 0 Å². The summed E-state index contributed by atoms with van der Waals surface area (Å²) in [5.74, 6) is 1.08. The minimum absolute atomic E-state index is 0.494. The molecule has 132 valence electrons. The maximum atomic E-state index is 4.41. The molecular formula is C26H28. The summed E-state index contributed by atoms with van der Waals surface area (Å²) in [6.07, 6.45) is 9.15. The second kappa shape index (κ2) is 7.11. The van der Waals surface area contributed by atoms with E-state index in [0.717, 1.165) is 12.8 Å². The van der Waals surface area contributed by atoms with Crippen molar-refractivity contribution in [3.8, 4) is 0 Å². The van der Waals surface area contributed by atoms with E-state index >= 15 is 0 Å². The molecule has 0 heteroatoms. The average Bonchev–Trinajstić information content (AvgIpc) is 3.05. The zero-order chi connectivity index (χ0) is 18.1. The van der Waals surface area contributed by atoms with Gasteiger partial charge in [0.2, 0.25) is 0 Å². The van der Waals surface area contributed by atoms with Crippen LogP contribution in [0.15, 0.2) is 78.4 Å². The first kappa shape index (κ1) is 17.1. The second-order valence-electron chi connectivity index (χ2n) is 8.09. The summed E-state index contributed by atoms with van der Waals surface area (Å²) < 4.78 is 0. The van der Waals surface area contributed by atoms with Gasteiger partial charge < -0.3 is 0 Å². The lowest BCUT2D eigenvalue weighted by Crippen LogP contribution is -2.08. The molecule has 0 spiro atoms. The van der Waals surface area contributed by atoms with Crippen molar-refractivity contribution in [1.29, 1.82) is 0 Å². The quantitative estimate of drug-likeness (QED) is 0.520. The van der Waals surface area contributed by atoms with E-state index in [4.69, 9.17) is 0 Å². The Kier molecular flexibility index (Phi) is 4.68. The van der Waals surface area contributed by atoms with Crippen LogP contribution in [0, 0.1) is 5.92 Å². The fourth-order valence-electron chi connectivity index (χ4n) is 4.38. The number of fused-ring (bicyclic) bond motifs is 2. The minimum Gasteiger partial charge on any atom is -0.0995 e. The number of hydrogen-bond acceptors (Lipinski definition) is 0. The van der Waals surface area contributed by atoms with Crippen LogP contribution < -0.4 is 0 Å². The Bertz CT molecular complexity index is 875. The van der Waals surface area contributed by atoms with Gasteiger partial charge in [-0.2, -0.15) is 0 Å². The van der Waals surface area contributed by atoms with Crippen LogP contribution in [0.4, 0.5) is 0 Å². The maximum absolute atomic E-state index is 4.41. The minimum atomic E-state index is 0.494. The molecule has 2 aliphatic carbocycles. The molecule has 1 atom stereocenters. The van der Waals surface area contributed by atoms with Crippen LogP contribution in [0.25, 0.3) is 5.57 Å². The monoisotopic (exact) mass is 340 g/mol. The van der Waals surface area contributed by atoms with Crippen LogP contribution in [0.2, 0.25) is 0 Å². The molecule has 0 saturated heterocycles. The molecule has 1 unspecified atom stereocenters. The number of allylic oxidation sites excluding steroid dienone is 5. The number of aryl methyl sites for hydroxylation is 1. The van der Waals surface area contributed by atoms with Gasteiger partial charge >= 0.3 is 0 Å². The van der Waals surface area contributed by atoms with E-state index in [1.165, 1.54) is 40.7 Å². The highest BCUT2D eigenvalue weighted by molar-refractivity contribution is 5.80. The Hall–Kier alpha value is -2.34. The fourth-order valence-corrected chi connectivity index (χ4v) is 4.38. The van der Waals surface area contributed by atoms with Gasteiger partial charge in [0.15, 0.2) is 0 Å².